The minimum absolute atomic E-state index is 0.260. The van der Waals surface area contributed by atoms with Gasteiger partial charge in [-0.25, -0.2) is 0 Å². The number of aliphatic hydroxyl groups is 2. The molecule has 2 rings (SSSR count). The SMILES string of the molecule is OCC(O)CNc1ccc(OC2CCCC2)c(Cl)c1. The summed E-state index contributed by atoms with van der Waals surface area (Å²) >= 11 is 6.18. The largest absolute Gasteiger partial charge is 0.489 e. The van der Waals surface area contributed by atoms with Gasteiger partial charge < -0.3 is 20.3 Å². The topological polar surface area (TPSA) is 61.7 Å². The fraction of sp³-hybridized carbons (Fsp3) is 0.571. The molecule has 1 aliphatic carbocycles. The van der Waals surface area contributed by atoms with Gasteiger partial charge in [-0.15, -0.1) is 0 Å². The molecule has 0 aromatic heterocycles. The second kappa shape index (κ2) is 6.98. The van der Waals surface area contributed by atoms with Gasteiger partial charge in [0.15, 0.2) is 0 Å². The first-order valence-corrected chi connectivity index (χ1v) is 7.06. The van der Waals surface area contributed by atoms with Crippen LogP contribution in [0.25, 0.3) is 0 Å². The van der Waals surface area contributed by atoms with Crippen LogP contribution in [-0.4, -0.2) is 35.6 Å². The van der Waals surface area contributed by atoms with Gasteiger partial charge in [0.1, 0.15) is 5.75 Å². The van der Waals surface area contributed by atoms with Gasteiger partial charge in [-0.1, -0.05) is 11.6 Å². The van der Waals surface area contributed by atoms with Crippen LogP contribution in [0.1, 0.15) is 25.7 Å². The molecule has 1 fully saturated rings. The zero-order valence-electron chi connectivity index (χ0n) is 10.8. The Hall–Kier alpha value is -0.970. The number of rotatable bonds is 6. The van der Waals surface area contributed by atoms with Gasteiger partial charge in [0, 0.05) is 12.2 Å². The monoisotopic (exact) mass is 285 g/mol. The van der Waals surface area contributed by atoms with Crippen LogP contribution in [0.4, 0.5) is 5.69 Å². The van der Waals surface area contributed by atoms with E-state index in [0.29, 0.717) is 10.8 Å². The van der Waals surface area contributed by atoms with E-state index in [0.717, 1.165) is 18.5 Å². The third-order valence-electron chi connectivity index (χ3n) is 3.28. The van der Waals surface area contributed by atoms with Crippen molar-refractivity contribution >= 4 is 17.3 Å². The van der Waals surface area contributed by atoms with Crippen molar-refractivity contribution in [1.29, 1.82) is 0 Å². The van der Waals surface area contributed by atoms with Crippen LogP contribution in [0, 0.1) is 0 Å². The van der Waals surface area contributed by atoms with Gasteiger partial charge in [0.05, 0.1) is 23.8 Å². The Morgan fingerprint density at radius 1 is 1.37 bits per heavy atom. The average molecular weight is 286 g/mol. The quantitative estimate of drug-likeness (QED) is 0.751. The molecule has 0 heterocycles. The van der Waals surface area contributed by atoms with Crippen LogP contribution in [0.2, 0.25) is 5.02 Å². The molecule has 3 N–H and O–H groups in total. The predicted molar refractivity (Wildman–Crippen MR) is 75.9 cm³/mol. The van der Waals surface area contributed by atoms with Gasteiger partial charge in [-0.2, -0.15) is 0 Å². The highest BCUT2D eigenvalue weighted by molar-refractivity contribution is 6.32. The van der Waals surface area contributed by atoms with Crippen molar-refractivity contribution in [2.45, 2.75) is 37.9 Å². The molecule has 1 atom stereocenters. The van der Waals surface area contributed by atoms with Gasteiger partial charge >= 0.3 is 0 Å². The lowest BCUT2D eigenvalue weighted by Gasteiger charge is -2.16. The maximum absolute atomic E-state index is 9.26. The van der Waals surface area contributed by atoms with Crippen LogP contribution in [0.15, 0.2) is 18.2 Å². The van der Waals surface area contributed by atoms with Crippen LogP contribution >= 0.6 is 11.6 Å². The minimum atomic E-state index is -0.770. The number of nitrogens with one attached hydrogen (secondary N) is 1. The van der Waals surface area contributed by atoms with Crippen LogP contribution < -0.4 is 10.1 Å². The van der Waals surface area contributed by atoms with E-state index in [4.69, 9.17) is 21.4 Å². The summed E-state index contributed by atoms with van der Waals surface area (Å²) in [7, 11) is 0. The number of aliphatic hydroxyl groups excluding tert-OH is 2. The summed E-state index contributed by atoms with van der Waals surface area (Å²) < 4.78 is 5.86. The third-order valence-corrected chi connectivity index (χ3v) is 3.58. The lowest BCUT2D eigenvalue weighted by Crippen LogP contribution is -2.22. The van der Waals surface area contributed by atoms with Crippen LogP contribution in [-0.2, 0) is 0 Å². The van der Waals surface area contributed by atoms with E-state index in [2.05, 4.69) is 5.32 Å². The maximum Gasteiger partial charge on any atom is 0.138 e. The second-order valence-electron chi connectivity index (χ2n) is 4.89. The smallest absolute Gasteiger partial charge is 0.138 e. The molecule has 19 heavy (non-hydrogen) atoms. The number of halogens is 1. The van der Waals surface area contributed by atoms with Gasteiger partial charge in [0.25, 0.3) is 0 Å². The molecule has 1 aromatic rings. The molecule has 0 saturated heterocycles. The number of hydrogen-bond acceptors (Lipinski definition) is 4. The summed E-state index contributed by atoms with van der Waals surface area (Å²) in [5.74, 6) is 0.710. The van der Waals surface area contributed by atoms with E-state index >= 15 is 0 Å². The molecule has 0 aliphatic heterocycles. The number of benzene rings is 1. The first-order chi connectivity index (χ1) is 9.19. The molecule has 0 bridgehead atoms. The molecule has 0 spiro atoms. The Morgan fingerprint density at radius 3 is 2.74 bits per heavy atom. The van der Waals surface area contributed by atoms with E-state index < -0.39 is 6.10 Å². The predicted octanol–water partition coefficient (Wildman–Crippen LogP) is 2.43. The summed E-state index contributed by atoms with van der Waals surface area (Å²) in [5.41, 5.74) is 0.802. The first-order valence-electron chi connectivity index (χ1n) is 6.68. The van der Waals surface area contributed by atoms with Crippen molar-refractivity contribution in [3.8, 4) is 5.75 Å². The van der Waals surface area contributed by atoms with Gasteiger partial charge in [-0.05, 0) is 43.9 Å². The maximum atomic E-state index is 9.26. The van der Waals surface area contributed by atoms with Crippen molar-refractivity contribution in [2.24, 2.45) is 0 Å². The molecule has 1 aliphatic rings. The molecule has 1 saturated carbocycles. The Balaban J connectivity index is 1.92. The van der Waals surface area contributed by atoms with Crippen LogP contribution in [0.5, 0.6) is 5.75 Å². The number of hydrogen-bond donors (Lipinski definition) is 3. The van der Waals surface area contributed by atoms with Crippen molar-refractivity contribution in [3.05, 3.63) is 23.2 Å². The summed E-state index contributed by atoms with van der Waals surface area (Å²) in [6.07, 6.45) is 4.15. The van der Waals surface area contributed by atoms with Crippen molar-refractivity contribution in [2.75, 3.05) is 18.5 Å². The average Bonchev–Trinajstić information content (AvgIpc) is 2.91. The standard InChI is InChI=1S/C14H20ClNO3/c15-13-7-10(16-8-11(18)9-17)5-6-14(13)19-12-3-1-2-4-12/h5-7,11-12,16-18H,1-4,8-9H2. The molecule has 4 nitrogen and oxygen atoms in total. The number of ether oxygens (including phenoxy) is 1. The number of anilines is 1. The normalized spacial score (nSPS) is 17.4. The Bertz CT molecular complexity index is 408. The molecule has 0 amide bonds. The molecule has 106 valence electrons. The Morgan fingerprint density at radius 2 is 2.11 bits per heavy atom. The lowest BCUT2D eigenvalue weighted by molar-refractivity contribution is 0.105. The molecular formula is C14H20ClNO3. The Kier molecular flexibility index (Phi) is 5.31. The first kappa shape index (κ1) is 14.4. The summed E-state index contributed by atoms with van der Waals surface area (Å²) in [4.78, 5) is 0. The van der Waals surface area contributed by atoms with Crippen molar-refractivity contribution in [3.63, 3.8) is 0 Å². The highest BCUT2D eigenvalue weighted by Gasteiger charge is 2.17. The second-order valence-corrected chi connectivity index (χ2v) is 5.29. The summed E-state index contributed by atoms with van der Waals surface area (Å²) in [5, 5.41) is 21.6. The minimum Gasteiger partial charge on any atom is -0.489 e. The zero-order valence-corrected chi connectivity index (χ0v) is 11.6. The van der Waals surface area contributed by atoms with Crippen molar-refractivity contribution in [1.82, 2.24) is 0 Å². The zero-order chi connectivity index (χ0) is 13.7. The van der Waals surface area contributed by atoms with Gasteiger partial charge in [0.2, 0.25) is 0 Å². The highest BCUT2D eigenvalue weighted by atomic mass is 35.5. The highest BCUT2D eigenvalue weighted by Crippen LogP contribution is 2.31. The summed E-state index contributed by atoms with van der Waals surface area (Å²) in [6.45, 7) is 0.0270. The lowest BCUT2D eigenvalue weighted by atomic mass is 10.2. The van der Waals surface area contributed by atoms with Gasteiger partial charge in [-0.3, -0.25) is 0 Å². The van der Waals surface area contributed by atoms with E-state index in [1.165, 1.54) is 12.8 Å². The molecular weight excluding hydrogens is 266 g/mol. The van der Waals surface area contributed by atoms with Crippen molar-refractivity contribution < 1.29 is 14.9 Å². The van der Waals surface area contributed by atoms with E-state index in [1.54, 1.807) is 6.07 Å². The van der Waals surface area contributed by atoms with Crippen LogP contribution in [0.3, 0.4) is 0 Å². The van der Waals surface area contributed by atoms with E-state index in [9.17, 15) is 5.11 Å². The molecule has 1 aromatic carbocycles. The van der Waals surface area contributed by atoms with E-state index in [1.807, 2.05) is 12.1 Å². The molecule has 5 heteroatoms. The third kappa shape index (κ3) is 4.27. The fourth-order valence-corrected chi connectivity index (χ4v) is 2.42. The fourth-order valence-electron chi connectivity index (χ4n) is 2.19. The summed E-state index contributed by atoms with van der Waals surface area (Å²) in [6, 6.07) is 5.48. The molecule has 0 radical (unpaired) electrons. The molecule has 1 unspecified atom stereocenters. The Labute approximate surface area is 118 Å². The van der Waals surface area contributed by atoms with E-state index in [-0.39, 0.29) is 19.3 Å².